The largest absolute Gasteiger partial charge is 0.397 e. The van der Waals surface area contributed by atoms with Crippen molar-refractivity contribution in [1.82, 2.24) is 19.6 Å². The third-order valence-electron chi connectivity index (χ3n) is 7.36. The zero-order chi connectivity index (χ0) is 28.9. The van der Waals surface area contributed by atoms with Crippen molar-refractivity contribution in [3.05, 3.63) is 71.3 Å². The minimum Gasteiger partial charge on any atom is -0.397 e. The van der Waals surface area contributed by atoms with Crippen LogP contribution in [0.1, 0.15) is 43.5 Å². The van der Waals surface area contributed by atoms with E-state index in [9.17, 15) is 17.9 Å². The molecule has 2 heterocycles. The number of aliphatic hydroxyl groups excluding tert-OH is 1. The Balaban J connectivity index is 1.24. The van der Waals surface area contributed by atoms with Crippen LogP contribution >= 0.6 is 0 Å². The number of likely N-dealkylation sites (tertiary alicyclic amines) is 1. The highest BCUT2D eigenvalue weighted by Crippen LogP contribution is 2.28. The Hall–Kier alpha value is -2.96. The van der Waals surface area contributed by atoms with E-state index in [1.165, 1.54) is 12.1 Å². The number of nitrogens with two attached hydrogens (primary N) is 2. The molecule has 9 nitrogen and oxygen atoms in total. The van der Waals surface area contributed by atoms with Gasteiger partial charge in [-0.05, 0) is 80.1 Å². The van der Waals surface area contributed by atoms with Gasteiger partial charge in [-0.1, -0.05) is 26.0 Å². The second-order valence-electron chi connectivity index (χ2n) is 11.0. The Morgan fingerprint density at radius 2 is 1.93 bits per heavy atom. The number of hydrazine groups is 1. The van der Waals surface area contributed by atoms with Crippen LogP contribution in [0.25, 0.3) is 16.6 Å². The van der Waals surface area contributed by atoms with Crippen LogP contribution in [0.15, 0.2) is 53.6 Å². The lowest BCUT2D eigenvalue weighted by Gasteiger charge is -2.33. The highest BCUT2D eigenvalue weighted by atomic mass is 32.2. The van der Waals surface area contributed by atoms with Gasteiger partial charge < -0.3 is 25.7 Å². The molecule has 0 saturated carbocycles. The van der Waals surface area contributed by atoms with Gasteiger partial charge in [0.25, 0.3) is 0 Å². The number of hydrogen-bond donors (Lipinski definition) is 5. The summed E-state index contributed by atoms with van der Waals surface area (Å²) < 4.78 is 41.9. The summed E-state index contributed by atoms with van der Waals surface area (Å²) in [5.41, 5.74) is 9.57. The minimum atomic E-state index is -3.54. The Labute approximate surface area is 236 Å². The van der Waals surface area contributed by atoms with Crippen LogP contribution in [-0.4, -0.2) is 61.1 Å². The third-order valence-corrected chi connectivity index (χ3v) is 8.84. The molecule has 7 N–H and O–H groups in total. The molecule has 4 rings (SSSR count). The van der Waals surface area contributed by atoms with Gasteiger partial charge in [-0.2, -0.15) is 0 Å². The van der Waals surface area contributed by atoms with Crippen molar-refractivity contribution < 1.29 is 17.9 Å². The van der Waals surface area contributed by atoms with Gasteiger partial charge in [-0.15, -0.1) is 0 Å². The first kappa shape index (κ1) is 30.0. The standard InChI is InChI=1S/C29H41FN6O3S/c1-20(2)15-21-3-6-24(7-4-21)40(38,39)33-11-14-35-12-9-22(10-13-35)17-36(32)18-26(31)29-25-16-23(30)5-8-27(25)34-28(29)19-37/h3-8,16,18,20,22,33-34,37H,9-15,17,19,31-32H2,1-2H3. The third kappa shape index (κ3) is 7.61. The number of nitrogens with one attached hydrogen (secondary N) is 2. The van der Waals surface area contributed by atoms with E-state index in [0.29, 0.717) is 59.3 Å². The van der Waals surface area contributed by atoms with Crippen molar-refractivity contribution in [2.75, 3.05) is 32.7 Å². The lowest BCUT2D eigenvalue weighted by atomic mass is 9.96. The van der Waals surface area contributed by atoms with Crippen molar-refractivity contribution in [2.24, 2.45) is 23.4 Å². The number of nitrogens with zero attached hydrogens (tertiary/aromatic N) is 2. The molecule has 0 bridgehead atoms. The van der Waals surface area contributed by atoms with E-state index >= 15 is 0 Å². The molecule has 2 aromatic carbocycles. The van der Waals surface area contributed by atoms with Crippen LogP contribution in [-0.2, 0) is 23.1 Å². The molecule has 0 aliphatic carbocycles. The monoisotopic (exact) mass is 572 g/mol. The Morgan fingerprint density at radius 1 is 1.23 bits per heavy atom. The summed E-state index contributed by atoms with van der Waals surface area (Å²) in [5, 5.41) is 11.9. The number of halogens is 1. The highest BCUT2D eigenvalue weighted by Gasteiger charge is 2.22. The van der Waals surface area contributed by atoms with Gasteiger partial charge in [-0.3, -0.25) is 0 Å². The van der Waals surface area contributed by atoms with Crippen molar-refractivity contribution in [3.8, 4) is 0 Å². The first-order chi connectivity index (χ1) is 19.1. The lowest BCUT2D eigenvalue weighted by Crippen LogP contribution is -2.42. The van der Waals surface area contributed by atoms with E-state index in [0.717, 1.165) is 37.9 Å². The Kier molecular flexibility index (Phi) is 9.85. The van der Waals surface area contributed by atoms with Gasteiger partial charge in [0.15, 0.2) is 0 Å². The van der Waals surface area contributed by atoms with Gasteiger partial charge in [0.2, 0.25) is 10.0 Å². The molecule has 1 saturated heterocycles. The quantitative estimate of drug-likeness (QED) is 0.166. The molecule has 1 aliphatic heterocycles. The molecule has 0 atom stereocenters. The normalized spacial score (nSPS) is 15.8. The van der Waals surface area contributed by atoms with Gasteiger partial charge in [0, 0.05) is 42.3 Å². The van der Waals surface area contributed by atoms with E-state index in [1.807, 2.05) is 12.1 Å². The first-order valence-electron chi connectivity index (χ1n) is 13.8. The number of fused-ring (bicyclic) bond motifs is 1. The van der Waals surface area contributed by atoms with Crippen LogP contribution in [0.4, 0.5) is 4.39 Å². The van der Waals surface area contributed by atoms with Gasteiger partial charge in [-0.25, -0.2) is 23.4 Å². The average Bonchev–Trinajstić information content (AvgIpc) is 3.27. The molecule has 1 aromatic heterocycles. The summed E-state index contributed by atoms with van der Waals surface area (Å²) in [6, 6.07) is 11.5. The molecule has 0 radical (unpaired) electrons. The van der Waals surface area contributed by atoms with Crippen molar-refractivity contribution in [3.63, 3.8) is 0 Å². The smallest absolute Gasteiger partial charge is 0.240 e. The molecule has 1 fully saturated rings. The van der Waals surface area contributed by atoms with Crippen LogP contribution < -0.4 is 16.3 Å². The molecule has 40 heavy (non-hydrogen) atoms. The number of benzene rings is 2. The average molecular weight is 573 g/mol. The molecule has 218 valence electrons. The van der Waals surface area contributed by atoms with Crippen LogP contribution in [0.3, 0.4) is 0 Å². The predicted octanol–water partition coefficient (Wildman–Crippen LogP) is 3.12. The van der Waals surface area contributed by atoms with Crippen molar-refractivity contribution >= 4 is 26.6 Å². The number of hydrogen-bond acceptors (Lipinski definition) is 7. The summed E-state index contributed by atoms with van der Waals surface area (Å²) >= 11 is 0. The van der Waals surface area contributed by atoms with Crippen LogP contribution in [0.5, 0.6) is 0 Å². The summed E-state index contributed by atoms with van der Waals surface area (Å²) in [4.78, 5) is 5.62. The fourth-order valence-electron chi connectivity index (χ4n) is 5.35. The second kappa shape index (κ2) is 13.1. The van der Waals surface area contributed by atoms with Gasteiger partial charge in [0.05, 0.1) is 22.9 Å². The second-order valence-corrected chi connectivity index (χ2v) is 12.8. The number of aromatic amines is 1. The number of H-pyrrole nitrogens is 1. The van der Waals surface area contributed by atoms with E-state index in [-0.39, 0.29) is 17.3 Å². The predicted molar refractivity (Wildman–Crippen MR) is 157 cm³/mol. The van der Waals surface area contributed by atoms with Gasteiger partial charge in [0.1, 0.15) is 5.82 Å². The number of aromatic nitrogens is 1. The van der Waals surface area contributed by atoms with Crippen LogP contribution in [0, 0.1) is 17.7 Å². The van der Waals surface area contributed by atoms with E-state index in [2.05, 4.69) is 28.5 Å². The molecule has 1 aliphatic rings. The van der Waals surface area contributed by atoms with E-state index in [1.54, 1.807) is 29.4 Å². The molecule has 0 spiro atoms. The molecule has 0 unspecified atom stereocenters. The highest BCUT2D eigenvalue weighted by molar-refractivity contribution is 7.89. The topological polar surface area (TPSA) is 141 Å². The summed E-state index contributed by atoms with van der Waals surface area (Å²) in [6.45, 7) is 7.29. The summed E-state index contributed by atoms with van der Waals surface area (Å²) in [5.74, 6) is 6.75. The fraction of sp³-hybridized carbons (Fsp3) is 0.448. The number of rotatable bonds is 12. The first-order valence-corrected chi connectivity index (χ1v) is 15.2. The molecule has 0 amide bonds. The fourth-order valence-corrected chi connectivity index (χ4v) is 6.37. The molecule has 3 aromatic rings. The lowest BCUT2D eigenvalue weighted by molar-refractivity contribution is 0.163. The maximum atomic E-state index is 13.8. The molecular weight excluding hydrogens is 531 g/mol. The van der Waals surface area contributed by atoms with Gasteiger partial charge >= 0.3 is 0 Å². The van der Waals surface area contributed by atoms with E-state index < -0.39 is 10.0 Å². The van der Waals surface area contributed by atoms with Crippen LogP contribution in [0.2, 0.25) is 0 Å². The maximum Gasteiger partial charge on any atom is 0.240 e. The number of aliphatic hydroxyl groups is 1. The molecular formula is C29H41FN6O3S. The summed E-state index contributed by atoms with van der Waals surface area (Å²) in [6.07, 6.45) is 4.39. The minimum absolute atomic E-state index is 0.260. The number of piperidine rings is 1. The van der Waals surface area contributed by atoms with Crippen molar-refractivity contribution in [2.45, 2.75) is 44.6 Å². The maximum absolute atomic E-state index is 13.8. The zero-order valence-corrected chi connectivity index (χ0v) is 24.1. The SMILES string of the molecule is CC(C)Cc1ccc(S(=O)(=O)NCCN2CCC(CN(N)C=C(N)c3c(CO)[nH]c4ccc(F)cc34)CC2)cc1. The number of sulfonamides is 1. The summed E-state index contributed by atoms with van der Waals surface area (Å²) in [7, 11) is -3.54. The van der Waals surface area contributed by atoms with Crippen molar-refractivity contribution in [1.29, 1.82) is 0 Å². The Morgan fingerprint density at radius 3 is 2.58 bits per heavy atom. The Bertz CT molecular complexity index is 1410. The molecule has 11 heteroatoms. The van der Waals surface area contributed by atoms with E-state index in [4.69, 9.17) is 11.6 Å². The zero-order valence-electron chi connectivity index (χ0n) is 23.2.